The van der Waals surface area contributed by atoms with Crippen molar-refractivity contribution in [1.82, 2.24) is 4.98 Å². The maximum absolute atomic E-state index is 15.0. The molecule has 0 bridgehead atoms. The number of methoxy groups -OCH3 is 1. The molecule has 2 atom stereocenters. The number of nitrogens with zero attached hydrogens (tertiary/aromatic N) is 1. The number of aromatic nitrogens is 1. The van der Waals surface area contributed by atoms with Crippen LogP contribution in [0.25, 0.3) is 0 Å². The number of ether oxygens (including phenoxy) is 2. The van der Waals surface area contributed by atoms with Crippen LogP contribution in [-0.4, -0.2) is 35.4 Å². The van der Waals surface area contributed by atoms with Crippen molar-refractivity contribution in [3.8, 4) is 11.6 Å². The average molecular weight is 476 g/mol. The van der Waals surface area contributed by atoms with E-state index in [2.05, 4.69) is 11.1 Å². The highest BCUT2D eigenvalue weighted by molar-refractivity contribution is 7.59. The van der Waals surface area contributed by atoms with Gasteiger partial charge in [-0.25, -0.2) is 14.2 Å². The van der Waals surface area contributed by atoms with E-state index in [1.165, 1.54) is 12.5 Å². The molecule has 33 heavy (non-hydrogen) atoms. The molecule has 2 aliphatic rings. The molecule has 1 N–H and O–H groups in total. The molecule has 5 nitrogen and oxygen atoms in total. The monoisotopic (exact) mass is 475 g/mol. The number of hydrogen-bond donors (Lipinski definition) is 1. The average Bonchev–Trinajstić information content (AvgIpc) is 3.63. The van der Waals surface area contributed by atoms with Crippen molar-refractivity contribution < 1.29 is 23.8 Å². The zero-order valence-corrected chi connectivity index (χ0v) is 20.3. The maximum atomic E-state index is 15.0. The summed E-state index contributed by atoms with van der Waals surface area (Å²) in [6.45, 7) is 1.80. The Balaban J connectivity index is 0.00000306. The zero-order valence-electron chi connectivity index (χ0n) is 19.3. The Kier molecular flexibility index (Phi) is 8.27. The van der Waals surface area contributed by atoms with Gasteiger partial charge in [0.05, 0.1) is 13.7 Å². The number of pyridine rings is 1. The molecule has 0 aliphatic heterocycles. The molecule has 1 unspecified atom stereocenters. The number of benzene rings is 1. The molecule has 2 fully saturated rings. The number of carboxylic acids is 1. The van der Waals surface area contributed by atoms with Gasteiger partial charge in [0, 0.05) is 18.2 Å². The summed E-state index contributed by atoms with van der Waals surface area (Å²) in [5, 5.41) is 9.41. The van der Waals surface area contributed by atoms with E-state index in [0.717, 1.165) is 38.5 Å². The van der Waals surface area contributed by atoms with Crippen LogP contribution < -0.4 is 9.47 Å². The van der Waals surface area contributed by atoms with Gasteiger partial charge in [0.2, 0.25) is 11.5 Å². The molecular weight excluding hydrogens is 441 g/mol. The molecule has 2 saturated carbocycles. The molecule has 180 valence electrons. The Hall–Kier alpha value is -2.28. The third-order valence-corrected chi connectivity index (χ3v) is 7.08. The van der Waals surface area contributed by atoms with E-state index in [9.17, 15) is 9.90 Å². The van der Waals surface area contributed by atoms with Gasteiger partial charge >= 0.3 is 5.97 Å². The summed E-state index contributed by atoms with van der Waals surface area (Å²) in [6, 6.07) is 11.5. The topological polar surface area (TPSA) is 68.7 Å². The van der Waals surface area contributed by atoms with E-state index >= 15 is 4.39 Å². The van der Waals surface area contributed by atoms with Gasteiger partial charge in [0.1, 0.15) is 5.75 Å². The lowest BCUT2D eigenvalue weighted by molar-refractivity contribution is -0.151. The fourth-order valence-corrected chi connectivity index (χ4v) is 5.06. The van der Waals surface area contributed by atoms with Crippen molar-refractivity contribution in [2.45, 2.75) is 63.0 Å². The maximum Gasteiger partial charge on any atom is 0.341 e. The Bertz CT molecular complexity index is 941. The van der Waals surface area contributed by atoms with Gasteiger partial charge in [0.15, 0.2) is 0 Å². The zero-order chi connectivity index (χ0) is 22.7. The van der Waals surface area contributed by atoms with Crippen LogP contribution in [0.15, 0.2) is 42.6 Å². The van der Waals surface area contributed by atoms with Gasteiger partial charge < -0.3 is 14.6 Å². The summed E-state index contributed by atoms with van der Waals surface area (Å²) in [4.78, 5) is 15.7. The van der Waals surface area contributed by atoms with Gasteiger partial charge in [-0.1, -0.05) is 12.1 Å². The molecule has 0 saturated heterocycles. The molecule has 0 spiro atoms. The molecule has 2 aliphatic carbocycles. The molecular formula is C26H34FNO4S. The van der Waals surface area contributed by atoms with Crippen LogP contribution in [0.3, 0.4) is 0 Å². The lowest BCUT2D eigenvalue weighted by Crippen LogP contribution is -2.38. The summed E-state index contributed by atoms with van der Waals surface area (Å²) >= 11 is 0. The minimum atomic E-state index is -2.28. The largest absolute Gasteiger partial charge is 0.493 e. The lowest BCUT2D eigenvalue weighted by atomic mass is 9.79. The summed E-state index contributed by atoms with van der Waals surface area (Å²) in [6.07, 6.45) is 7.92. The SMILES string of the molecule is COc1cc(C2CCC(COc3cccc([C@H](C4CC4)C(C)(F)C(=O)O)c3)CC2)ccn1.S. The summed E-state index contributed by atoms with van der Waals surface area (Å²) < 4.78 is 26.4. The van der Waals surface area contributed by atoms with Crippen molar-refractivity contribution in [3.63, 3.8) is 0 Å². The highest BCUT2D eigenvalue weighted by atomic mass is 32.1. The molecule has 4 rings (SSSR count). The molecule has 0 radical (unpaired) electrons. The highest BCUT2D eigenvalue weighted by Gasteiger charge is 2.50. The van der Waals surface area contributed by atoms with Gasteiger partial charge in [-0.05, 0) is 92.5 Å². The van der Waals surface area contributed by atoms with Crippen molar-refractivity contribution in [3.05, 3.63) is 53.7 Å². The fraction of sp³-hybridized carbons (Fsp3) is 0.538. The molecule has 1 aromatic carbocycles. The van der Waals surface area contributed by atoms with E-state index < -0.39 is 17.6 Å². The quantitative estimate of drug-likeness (QED) is 0.492. The Morgan fingerprint density at radius 1 is 1.18 bits per heavy atom. The molecule has 1 heterocycles. The first-order valence-corrected chi connectivity index (χ1v) is 11.5. The third-order valence-electron chi connectivity index (χ3n) is 7.08. The van der Waals surface area contributed by atoms with Crippen LogP contribution in [0, 0.1) is 11.8 Å². The summed E-state index contributed by atoms with van der Waals surface area (Å²) in [7, 11) is 1.64. The predicted molar refractivity (Wildman–Crippen MR) is 130 cm³/mol. The molecule has 1 aromatic heterocycles. The van der Waals surface area contributed by atoms with E-state index in [-0.39, 0.29) is 19.4 Å². The van der Waals surface area contributed by atoms with E-state index in [4.69, 9.17) is 9.47 Å². The first-order valence-electron chi connectivity index (χ1n) is 11.5. The van der Waals surface area contributed by atoms with Crippen molar-refractivity contribution in [2.75, 3.05) is 13.7 Å². The second-order valence-corrected chi connectivity index (χ2v) is 9.43. The van der Waals surface area contributed by atoms with Crippen LogP contribution in [-0.2, 0) is 4.79 Å². The van der Waals surface area contributed by atoms with Crippen molar-refractivity contribution >= 4 is 19.5 Å². The number of halogens is 1. The van der Waals surface area contributed by atoms with Gasteiger partial charge in [-0.2, -0.15) is 13.5 Å². The first kappa shape index (κ1) is 25.3. The number of carbonyl (C=O) groups is 1. The van der Waals surface area contributed by atoms with Crippen molar-refractivity contribution in [1.29, 1.82) is 0 Å². The van der Waals surface area contributed by atoms with Crippen molar-refractivity contribution in [2.24, 2.45) is 11.8 Å². The van der Waals surface area contributed by atoms with Crippen LogP contribution in [0.2, 0.25) is 0 Å². The van der Waals surface area contributed by atoms with E-state index in [1.54, 1.807) is 13.3 Å². The standard InChI is InChI=1S/C26H32FNO4.H2S/c1-26(27,25(29)30)24(19-10-11-19)21-4-3-5-22(14-21)32-16-17-6-8-18(9-7-17)20-12-13-28-23(15-20)31-2;/h3-5,12-15,17-19,24H,6-11,16H2,1-2H3,(H,29,30);1H2/t17?,18?,24-,26?;/m0./s1. The van der Waals surface area contributed by atoms with Gasteiger partial charge in [0.25, 0.3) is 0 Å². The lowest BCUT2D eigenvalue weighted by Gasteiger charge is -2.29. The Labute approximate surface area is 202 Å². The predicted octanol–water partition coefficient (Wildman–Crippen LogP) is 5.86. The normalized spacial score (nSPS) is 23.0. The Morgan fingerprint density at radius 3 is 2.55 bits per heavy atom. The summed E-state index contributed by atoms with van der Waals surface area (Å²) in [5.74, 6) is 0.381. The minimum Gasteiger partial charge on any atom is -0.493 e. The number of aliphatic carboxylic acids is 1. The number of alkyl halides is 1. The smallest absolute Gasteiger partial charge is 0.341 e. The number of carboxylic acid groups (broad SMARTS) is 1. The minimum absolute atomic E-state index is 0. The van der Waals surface area contributed by atoms with E-state index in [1.807, 2.05) is 30.3 Å². The van der Waals surface area contributed by atoms with Crippen LogP contribution in [0.1, 0.15) is 68.4 Å². The second-order valence-electron chi connectivity index (χ2n) is 9.43. The molecule has 7 heteroatoms. The van der Waals surface area contributed by atoms with Gasteiger partial charge in [-0.15, -0.1) is 0 Å². The van der Waals surface area contributed by atoms with Crippen LogP contribution >= 0.6 is 13.5 Å². The number of hydrogen-bond acceptors (Lipinski definition) is 4. The molecule has 0 amide bonds. The van der Waals surface area contributed by atoms with E-state index in [0.29, 0.717) is 35.6 Å². The highest BCUT2D eigenvalue weighted by Crippen LogP contribution is 2.50. The fourth-order valence-electron chi connectivity index (χ4n) is 5.06. The third kappa shape index (κ3) is 5.99. The van der Waals surface area contributed by atoms with Gasteiger partial charge in [-0.3, -0.25) is 0 Å². The first-order chi connectivity index (χ1) is 15.4. The number of rotatable bonds is 9. The van der Waals surface area contributed by atoms with Crippen LogP contribution in [0.4, 0.5) is 4.39 Å². The summed E-state index contributed by atoms with van der Waals surface area (Å²) in [5.41, 5.74) is -0.288. The second kappa shape index (κ2) is 10.8. The van der Waals surface area contributed by atoms with Crippen LogP contribution in [0.5, 0.6) is 11.6 Å². The Morgan fingerprint density at radius 2 is 1.91 bits per heavy atom. The molecule has 2 aromatic rings.